The van der Waals surface area contributed by atoms with Gasteiger partial charge in [0.1, 0.15) is 30.0 Å². The summed E-state index contributed by atoms with van der Waals surface area (Å²) >= 11 is 0. The van der Waals surface area contributed by atoms with Crippen LogP contribution in [0.4, 0.5) is 4.79 Å². The second-order valence-corrected chi connectivity index (χ2v) is 10.8. The van der Waals surface area contributed by atoms with Gasteiger partial charge in [-0.25, -0.2) is 9.59 Å². The Labute approximate surface area is 226 Å². The van der Waals surface area contributed by atoms with Crippen molar-refractivity contribution in [3.8, 4) is 5.75 Å². The summed E-state index contributed by atoms with van der Waals surface area (Å²) in [5.41, 5.74) is 1.21. The Balaban J connectivity index is 1.61. The van der Waals surface area contributed by atoms with E-state index >= 15 is 0 Å². The molecule has 8 heteroatoms. The smallest absolute Gasteiger partial charge is 0.329 e. The molecule has 3 amide bonds. The summed E-state index contributed by atoms with van der Waals surface area (Å²) in [4.78, 5) is 40.4. The van der Waals surface area contributed by atoms with Crippen LogP contribution in [-0.4, -0.2) is 53.6 Å². The normalized spacial score (nSPS) is 15.5. The lowest BCUT2D eigenvalue weighted by molar-refractivity contribution is -0.158. The van der Waals surface area contributed by atoms with Gasteiger partial charge in [0.05, 0.1) is 0 Å². The van der Waals surface area contributed by atoms with Crippen LogP contribution in [0.25, 0.3) is 0 Å². The van der Waals surface area contributed by atoms with Crippen molar-refractivity contribution >= 4 is 17.9 Å². The zero-order chi connectivity index (χ0) is 27.5. The molecular weight excluding hydrogens is 482 g/mol. The first kappa shape index (κ1) is 29.0. The van der Waals surface area contributed by atoms with Crippen LogP contribution in [0.2, 0.25) is 0 Å². The van der Waals surface area contributed by atoms with E-state index in [4.69, 9.17) is 9.47 Å². The van der Waals surface area contributed by atoms with Gasteiger partial charge in [-0.05, 0) is 63.8 Å². The fourth-order valence-electron chi connectivity index (χ4n) is 4.18. The van der Waals surface area contributed by atoms with Gasteiger partial charge in [0.2, 0.25) is 5.91 Å². The number of rotatable bonds is 9. The maximum absolute atomic E-state index is 13.0. The summed E-state index contributed by atoms with van der Waals surface area (Å²) in [6, 6.07) is 15.4. The third-order valence-electron chi connectivity index (χ3n) is 6.25. The van der Waals surface area contributed by atoms with Crippen molar-refractivity contribution < 1.29 is 23.9 Å². The van der Waals surface area contributed by atoms with Crippen molar-refractivity contribution in [1.29, 1.82) is 0 Å². The average molecular weight is 524 g/mol. The van der Waals surface area contributed by atoms with Crippen LogP contribution in [0, 0.1) is 0 Å². The molecule has 1 saturated heterocycles. The lowest BCUT2D eigenvalue weighted by Gasteiger charge is -2.27. The predicted molar refractivity (Wildman–Crippen MR) is 147 cm³/mol. The number of nitrogens with one attached hydrogen (secondary N) is 2. The molecule has 206 valence electrons. The fourth-order valence-corrected chi connectivity index (χ4v) is 4.18. The number of hydrogen-bond acceptors (Lipinski definition) is 5. The SMILES string of the molecule is C[C@H](NC(=O)N1CCCCCC1)C(=O)N[C@@H](Cc1ccc(OCc2ccccc2)cc1)C(=O)OC(C)(C)C. The first-order valence-electron chi connectivity index (χ1n) is 13.4. The van der Waals surface area contributed by atoms with E-state index in [0.29, 0.717) is 25.4 Å². The first-order valence-corrected chi connectivity index (χ1v) is 13.4. The summed E-state index contributed by atoms with van der Waals surface area (Å²) in [6.45, 7) is 8.80. The topological polar surface area (TPSA) is 97.0 Å². The Kier molecular flexibility index (Phi) is 10.6. The van der Waals surface area contributed by atoms with Crippen LogP contribution < -0.4 is 15.4 Å². The average Bonchev–Trinajstić information content (AvgIpc) is 3.17. The van der Waals surface area contributed by atoms with Gasteiger partial charge in [-0.15, -0.1) is 0 Å². The molecule has 3 rings (SSSR count). The van der Waals surface area contributed by atoms with E-state index in [0.717, 1.165) is 36.8 Å². The Morgan fingerprint density at radius 1 is 0.868 bits per heavy atom. The van der Waals surface area contributed by atoms with Crippen LogP contribution in [0.15, 0.2) is 54.6 Å². The van der Waals surface area contributed by atoms with Crippen molar-refractivity contribution in [2.45, 2.75) is 84.1 Å². The van der Waals surface area contributed by atoms with E-state index in [1.807, 2.05) is 54.6 Å². The summed E-state index contributed by atoms with van der Waals surface area (Å²) in [5.74, 6) is -0.256. The molecule has 8 nitrogen and oxygen atoms in total. The number of nitrogens with zero attached hydrogens (tertiary/aromatic N) is 1. The van der Waals surface area contributed by atoms with Gasteiger partial charge in [0.15, 0.2) is 0 Å². The number of benzene rings is 2. The Morgan fingerprint density at radius 3 is 2.11 bits per heavy atom. The molecular formula is C30H41N3O5. The predicted octanol–water partition coefficient (Wildman–Crippen LogP) is 4.61. The summed E-state index contributed by atoms with van der Waals surface area (Å²) in [6.07, 6.45) is 4.39. The third kappa shape index (κ3) is 9.72. The summed E-state index contributed by atoms with van der Waals surface area (Å²) in [5, 5.41) is 5.57. The molecule has 2 aromatic carbocycles. The lowest BCUT2D eigenvalue weighted by Crippen LogP contribution is -2.54. The summed E-state index contributed by atoms with van der Waals surface area (Å²) in [7, 11) is 0. The monoisotopic (exact) mass is 523 g/mol. The zero-order valence-electron chi connectivity index (χ0n) is 23.0. The maximum atomic E-state index is 13.0. The highest BCUT2D eigenvalue weighted by Crippen LogP contribution is 2.17. The molecule has 1 fully saturated rings. The minimum Gasteiger partial charge on any atom is -0.489 e. The van der Waals surface area contributed by atoms with Crippen molar-refractivity contribution in [1.82, 2.24) is 15.5 Å². The standard InChI is InChI=1S/C30H41N3O5/c1-22(31-29(36)33-18-10-5-6-11-19-33)27(34)32-26(28(35)38-30(2,3)4)20-23-14-16-25(17-15-23)37-21-24-12-8-7-9-13-24/h7-9,12-17,22,26H,5-6,10-11,18-21H2,1-4H3,(H,31,36)(H,32,34)/t22-,26-/m0/s1. The fraction of sp³-hybridized carbons (Fsp3) is 0.500. The molecule has 0 unspecified atom stereocenters. The maximum Gasteiger partial charge on any atom is 0.329 e. The molecule has 0 aliphatic carbocycles. The molecule has 1 aliphatic rings. The van der Waals surface area contributed by atoms with Crippen molar-refractivity contribution in [3.63, 3.8) is 0 Å². The Bertz CT molecular complexity index is 1040. The molecule has 0 radical (unpaired) electrons. The number of esters is 1. The van der Waals surface area contributed by atoms with Crippen molar-refractivity contribution in [3.05, 3.63) is 65.7 Å². The highest BCUT2D eigenvalue weighted by atomic mass is 16.6. The van der Waals surface area contributed by atoms with Gasteiger partial charge < -0.3 is 25.0 Å². The largest absolute Gasteiger partial charge is 0.489 e. The first-order chi connectivity index (χ1) is 18.1. The number of carbonyl (C=O) groups is 3. The minimum absolute atomic E-state index is 0.242. The zero-order valence-corrected chi connectivity index (χ0v) is 23.0. The van der Waals surface area contributed by atoms with Crippen LogP contribution >= 0.6 is 0 Å². The molecule has 0 saturated carbocycles. The molecule has 0 aromatic heterocycles. The second-order valence-electron chi connectivity index (χ2n) is 10.8. The molecule has 2 N–H and O–H groups in total. The second kappa shape index (κ2) is 13.8. The van der Waals surface area contributed by atoms with Crippen molar-refractivity contribution in [2.75, 3.05) is 13.1 Å². The van der Waals surface area contributed by atoms with Crippen molar-refractivity contribution in [2.24, 2.45) is 0 Å². The molecule has 0 bridgehead atoms. The number of urea groups is 1. The summed E-state index contributed by atoms with van der Waals surface area (Å²) < 4.78 is 11.4. The molecule has 38 heavy (non-hydrogen) atoms. The molecule has 2 aromatic rings. The quantitative estimate of drug-likeness (QED) is 0.468. The van der Waals surface area contributed by atoms with Crippen LogP contribution in [0.3, 0.4) is 0 Å². The van der Waals surface area contributed by atoms with E-state index in [-0.39, 0.29) is 12.5 Å². The van der Waals surface area contributed by atoms with E-state index in [2.05, 4.69) is 10.6 Å². The molecule has 1 heterocycles. The minimum atomic E-state index is -0.907. The molecule has 1 aliphatic heterocycles. The lowest BCUT2D eigenvalue weighted by atomic mass is 10.0. The molecule has 0 spiro atoms. The molecule has 2 atom stereocenters. The Hall–Kier alpha value is -3.55. The van der Waals surface area contributed by atoms with Gasteiger partial charge in [-0.2, -0.15) is 0 Å². The van der Waals surface area contributed by atoms with Gasteiger partial charge in [-0.3, -0.25) is 4.79 Å². The number of ether oxygens (including phenoxy) is 2. The Morgan fingerprint density at radius 2 is 1.50 bits per heavy atom. The van der Waals surface area contributed by atoms with Gasteiger partial charge in [0.25, 0.3) is 0 Å². The van der Waals surface area contributed by atoms with Crippen LogP contribution in [-0.2, 0) is 27.4 Å². The van der Waals surface area contributed by atoms with Gasteiger partial charge in [0, 0.05) is 19.5 Å². The van der Waals surface area contributed by atoms with Crippen LogP contribution in [0.1, 0.15) is 64.5 Å². The number of hydrogen-bond donors (Lipinski definition) is 2. The van der Waals surface area contributed by atoms with Crippen LogP contribution in [0.5, 0.6) is 5.75 Å². The van der Waals surface area contributed by atoms with Gasteiger partial charge in [-0.1, -0.05) is 55.3 Å². The van der Waals surface area contributed by atoms with E-state index in [1.54, 1.807) is 32.6 Å². The van der Waals surface area contributed by atoms with E-state index in [9.17, 15) is 14.4 Å². The van der Waals surface area contributed by atoms with E-state index in [1.165, 1.54) is 0 Å². The highest BCUT2D eigenvalue weighted by Gasteiger charge is 2.29. The number of carbonyl (C=O) groups excluding carboxylic acids is 3. The van der Waals surface area contributed by atoms with E-state index < -0.39 is 29.6 Å². The third-order valence-corrected chi connectivity index (χ3v) is 6.25. The van der Waals surface area contributed by atoms with Gasteiger partial charge >= 0.3 is 12.0 Å². The number of amides is 3. The number of likely N-dealkylation sites (tertiary alicyclic amines) is 1. The highest BCUT2D eigenvalue weighted by molar-refractivity contribution is 5.90.